The summed E-state index contributed by atoms with van der Waals surface area (Å²) in [6, 6.07) is -8.11. The zero-order valence-electron chi connectivity index (χ0n) is 73.9. The maximum absolute atomic E-state index is 15.0. The zero-order chi connectivity index (χ0) is 97.2. The lowest BCUT2D eigenvalue weighted by atomic mass is 9.94. The van der Waals surface area contributed by atoms with Gasteiger partial charge in [0.15, 0.2) is 17.9 Å². The highest BCUT2D eigenvalue weighted by molar-refractivity contribution is 7.98. The molecule has 2 aromatic carbocycles. The number of amides is 15. The first kappa shape index (κ1) is 113. The standard InChI is InChI=1S/C81H134N26O20S2/c1-8-43(5)63(107-78(127)64(44(6)9-2)106-66(115)48(83)20-15-32-92-79(86)87)77(126)104-57(38-46-24-26-47(108)27-25-46)74(123)103-58(40-62(112)113)75(124)96-50(22-16-33-93-80(88)89)67(116)95-49(21-13-14-31-82)69(118)102-56(37-45-18-11-10-12-19-45)73(122)101-55(36-42(3)4)72(121)99-53(30-35-129-7)71(120)98-52(28-29-61(110)111)70(119)105-59(41-128)76(125)97-51(23-17-34-94-81(90)91)68(117)100-54(65(85)114)39-60(84)109/h10-12,18-19,24-27,42-44,48-59,63-64,108,128H,8-9,13-17,20-23,28-41,82-83H2,1-7H3,(H2,84,109)(H2,85,114)(H,95,116)(H,96,124)(H,97,125)(H,98,120)(H,99,121)(H,100,117)(H,101,122)(H,102,118)(H,103,123)(H,104,126)(H,105,119)(H,106,115)(H,107,127)(H,110,111)(H,112,113)(H4,86,87,92)(H4,88,89,93)(H4,90,91,94)/t43-,44-,48-,49-,50-,51-,52-,53-,54-,55-,56-,57-,58-,59-,63-,64-/m0/s1. The summed E-state index contributed by atoms with van der Waals surface area (Å²) in [5.74, 6) is -21.3. The number of hydrogen-bond donors (Lipinski definition) is 30. The number of carbonyl (C=O) groups excluding carboxylic acids is 15. The van der Waals surface area contributed by atoms with E-state index in [-0.39, 0.29) is 133 Å². The molecule has 16 atom stereocenters. The Kier molecular flexibility index (Phi) is 52.8. The van der Waals surface area contributed by atoms with Crippen molar-refractivity contribution in [3.63, 3.8) is 0 Å². The molecular weight excluding hydrogens is 1720 g/mol. The van der Waals surface area contributed by atoms with Gasteiger partial charge in [0, 0.05) is 44.6 Å². The quantitative estimate of drug-likeness (QED) is 0.0127. The average molecular weight is 1860 g/mol. The number of primary amides is 2. The molecule has 36 N–H and O–H groups in total. The van der Waals surface area contributed by atoms with Gasteiger partial charge in [0.2, 0.25) is 88.6 Å². The van der Waals surface area contributed by atoms with Crippen molar-refractivity contribution in [1.29, 1.82) is 16.2 Å². The molecule has 0 aliphatic heterocycles. The number of unbranched alkanes of at least 4 members (excludes halogenated alkanes) is 1. The van der Waals surface area contributed by atoms with Gasteiger partial charge in [-0.3, -0.25) is 97.7 Å². The third-order valence-electron chi connectivity index (χ3n) is 20.4. The van der Waals surface area contributed by atoms with Crippen molar-refractivity contribution in [3.05, 3.63) is 65.7 Å². The van der Waals surface area contributed by atoms with E-state index in [1.54, 1.807) is 78.1 Å². The minimum absolute atomic E-state index is 0.0173. The number of aliphatic carboxylic acids is 2. The smallest absolute Gasteiger partial charge is 0.305 e. The van der Waals surface area contributed by atoms with Gasteiger partial charge in [0.25, 0.3) is 0 Å². The van der Waals surface area contributed by atoms with E-state index in [0.29, 0.717) is 24.0 Å². The van der Waals surface area contributed by atoms with Crippen molar-refractivity contribution in [1.82, 2.24) is 85.1 Å². The van der Waals surface area contributed by atoms with Gasteiger partial charge in [-0.1, -0.05) is 96.8 Å². The fourth-order valence-corrected chi connectivity index (χ4v) is 13.5. The Labute approximate surface area is 758 Å². The van der Waals surface area contributed by atoms with E-state index in [1.165, 1.54) is 36.0 Å². The average Bonchev–Trinajstić information content (AvgIpc) is 0.780. The second-order valence-electron chi connectivity index (χ2n) is 31.5. The first-order valence-electron chi connectivity index (χ1n) is 42.5. The molecule has 0 aliphatic carbocycles. The van der Waals surface area contributed by atoms with Gasteiger partial charge in [0.1, 0.15) is 84.3 Å². The molecule has 48 heteroatoms. The number of thioether (sulfide) groups is 1. The molecule has 0 spiro atoms. The fraction of sp³-hybridized carbons (Fsp3) is 0.605. The molecule has 720 valence electrons. The molecule has 0 aromatic heterocycles. The lowest BCUT2D eigenvalue weighted by Crippen LogP contribution is -2.62. The number of guanidine groups is 3. The Bertz CT molecular complexity index is 4090. The van der Waals surface area contributed by atoms with Crippen LogP contribution >= 0.6 is 24.4 Å². The molecule has 46 nitrogen and oxygen atoms in total. The van der Waals surface area contributed by atoms with Gasteiger partial charge in [-0.15, -0.1) is 0 Å². The van der Waals surface area contributed by atoms with Gasteiger partial charge < -0.3 is 141 Å². The van der Waals surface area contributed by atoms with Crippen LogP contribution < -0.4 is 125 Å². The summed E-state index contributed by atoms with van der Waals surface area (Å²) in [6.45, 7) is 10.5. The first-order valence-corrected chi connectivity index (χ1v) is 44.5. The highest BCUT2D eigenvalue weighted by Gasteiger charge is 2.40. The number of carboxylic acids is 2. The highest BCUT2D eigenvalue weighted by Crippen LogP contribution is 2.19. The van der Waals surface area contributed by atoms with Crippen molar-refractivity contribution in [2.45, 2.75) is 248 Å². The number of thiol groups is 1. The summed E-state index contributed by atoms with van der Waals surface area (Å²) in [7, 11) is 0. The zero-order valence-corrected chi connectivity index (χ0v) is 75.6. The summed E-state index contributed by atoms with van der Waals surface area (Å²) in [5, 5.41) is 93.8. The van der Waals surface area contributed by atoms with Crippen molar-refractivity contribution in [3.8, 4) is 5.75 Å². The van der Waals surface area contributed by atoms with Gasteiger partial charge in [-0.2, -0.15) is 24.4 Å². The number of phenolic OH excluding ortho intramolecular Hbond substituents is 1. The number of phenols is 1. The van der Waals surface area contributed by atoms with Gasteiger partial charge >= 0.3 is 11.9 Å². The Morgan fingerprint density at radius 3 is 1.17 bits per heavy atom. The van der Waals surface area contributed by atoms with Crippen LogP contribution in [0.2, 0.25) is 0 Å². The predicted octanol–water partition coefficient (Wildman–Crippen LogP) is -5.75. The second-order valence-corrected chi connectivity index (χ2v) is 32.9. The van der Waals surface area contributed by atoms with Crippen LogP contribution in [-0.4, -0.2) is 262 Å². The van der Waals surface area contributed by atoms with E-state index in [1.807, 2.05) is 0 Å². The van der Waals surface area contributed by atoms with E-state index < -0.39 is 240 Å². The van der Waals surface area contributed by atoms with Gasteiger partial charge in [0.05, 0.1) is 18.9 Å². The van der Waals surface area contributed by atoms with E-state index in [9.17, 15) is 87.2 Å². The molecule has 0 heterocycles. The number of aromatic hydroxyl groups is 1. The summed E-state index contributed by atoms with van der Waals surface area (Å²) < 4.78 is 0. The molecule has 0 saturated carbocycles. The molecule has 0 fully saturated rings. The van der Waals surface area contributed by atoms with E-state index in [0.717, 1.165) is 0 Å². The third-order valence-corrected chi connectivity index (χ3v) is 21.4. The second kappa shape index (κ2) is 60.4. The van der Waals surface area contributed by atoms with Crippen molar-refractivity contribution in [2.75, 3.05) is 43.9 Å². The van der Waals surface area contributed by atoms with Crippen LogP contribution in [0.3, 0.4) is 0 Å². The normalized spacial score (nSPS) is 14.8. The number of rotatable bonds is 64. The summed E-state index contributed by atoms with van der Waals surface area (Å²) in [5.41, 5.74) is 39.9. The number of carbonyl (C=O) groups is 17. The minimum Gasteiger partial charge on any atom is -0.508 e. The maximum Gasteiger partial charge on any atom is 0.305 e. The Balaban J connectivity index is 2.69. The summed E-state index contributed by atoms with van der Waals surface area (Å²) in [6.07, 6.45) is -1.45. The van der Waals surface area contributed by atoms with Crippen LogP contribution in [0, 0.1) is 34.0 Å². The number of hydrogen-bond acceptors (Lipinski definition) is 25. The lowest BCUT2D eigenvalue weighted by Gasteiger charge is -2.31. The van der Waals surface area contributed by atoms with Crippen molar-refractivity contribution < 1.29 is 96.8 Å². The molecule has 0 saturated heterocycles. The predicted molar refractivity (Wildman–Crippen MR) is 483 cm³/mol. The fourth-order valence-electron chi connectivity index (χ4n) is 12.8. The molecule has 0 bridgehead atoms. The summed E-state index contributed by atoms with van der Waals surface area (Å²) in [4.78, 5) is 237. The number of benzene rings is 2. The van der Waals surface area contributed by atoms with Crippen LogP contribution in [-0.2, 0) is 94.3 Å². The number of carboxylic acid groups (broad SMARTS) is 2. The molecule has 15 amide bonds. The highest BCUT2D eigenvalue weighted by atomic mass is 32.2. The molecule has 2 rings (SSSR count). The number of nitrogens with one attached hydrogen (secondary N) is 19. The van der Waals surface area contributed by atoms with Crippen LogP contribution in [0.1, 0.15) is 162 Å². The van der Waals surface area contributed by atoms with Crippen LogP contribution in [0.5, 0.6) is 5.75 Å². The Morgan fingerprint density at radius 2 is 0.760 bits per heavy atom. The van der Waals surface area contributed by atoms with Crippen molar-refractivity contribution in [2.24, 2.45) is 57.9 Å². The van der Waals surface area contributed by atoms with Crippen LogP contribution in [0.15, 0.2) is 54.6 Å². The van der Waals surface area contributed by atoms with Gasteiger partial charge in [-0.05, 0) is 137 Å². The first-order chi connectivity index (χ1) is 60.9. The SMILES string of the molecule is CC[C@H](C)[C@H](NC(=O)[C@@H](NC(=O)[C@@H](N)CCCNC(=N)N)[C@@H](C)CC)C(=O)N[C@@H](Cc1ccc(O)cc1)C(=O)N[C@@H](CC(=O)O)C(=O)N[C@@H](CCCNC(=N)N)C(=O)N[C@@H](CCCCN)C(=O)N[C@@H](Cc1ccccc1)C(=O)N[C@@H](CC(C)C)C(=O)N[C@@H](CCSC)C(=O)N[C@@H](CCC(=O)O)C(=O)N[C@@H](CS)C(=O)N[C@@H](CCCNC(=N)N)C(=O)N[C@@H](CC(N)=O)C(N)=O. The van der Waals surface area contributed by atoms with Gasteiger partial charge in [-0.25, -0.2) is 0 Å². The number of nitrogens with two attached hydrogens (primary N) is 7. The topological polar surface area (TPSA) is 797 Å². The Morgan fingerprint density at radius 1 is 0.403 bits per heavy atom. The van der Waals surface area contributed by atoms with Crippen LogP contribution in [0.4, 0.5) is 0 Å². The monoisotopic (exact) mass is 1850 g/mol. The molecule has 2 aromatic rings. The van der Waals surface area contributed by atoms with Crippen molar-refractivity contribution >= 4 is 143 Å². The molecule has 0 radical (unpaired) electrons. The Hall–Kier alpha value is -12.3. The maximum atomic E-state index is 15.0. The van der Waals surface area contributed by atoms with E-state index in [2.05, 4.69) is 97.7 Å². The molecule has 129 heavy (non-hydrogen) atoms. The third kappa shape index (κ3) is 44.8. The lowest BCUT2D eigenvalue weighted by molar-refractivity contribution is -0.142. The van der Waals surface area contributed by atoms with Crippen LogP contribution in [0.25, 0.3) is 0 Å². The van der Waals surface area contributed by atoms with E-state index in [4.69, 9.17) is 56.4 Å². The largest absolute Gasteiger partial charge is 0.508 e. The molecule has 0 aliphatic rings. The molecule has 0 unspecified atom stereocenters. The minimum atomic E-state index is -2.04. The molecular formula is C81H134N26O20S2. The van der Waals surface area contributed by atoms with E-state index >= 15 is 9.59 Å². The summed E-state index contributed by atoms with van der Waals surface area (Å²) >= 11 is 5.46.